The van der Waals surface area contributed by atoms with E-state index in [0.29, 0.717) is 0 Å². The van der Waals surface area contributed by atoms with Gasteiger partial charge in [0.2, 0.25) is 0 Å². The van der Waals surface area contributed by atoms with Gasteiger partial charge >= 0.3 is 0 Å². The summed E-state index contributed by atoms with van der Waals surface area (Å²) in [4.78, 5) is 0. The fourth-order valence-electron chi connectivity index (χ4n) is 7.07. The minimum Gasteiger partial charge on any atom is -0.0843 e. The molecule has 0 fully saturated rings. The highest BCUT2D eigenvalue weighted by atomic mass is 35.5. The number of benzene rings is 5. The number of rotatable bonds is 1. The van der Waals surface area contributed by atoms with Gasteiger partial charge in [-0.25, -0.2) is 0 Å². The van der Waals surface area contributed by atoms with E-state index in [1.807, 2.05) is 6.07 Å². The smallest absolute Gasteiger partial charge is 0.0731 e. The van der Waals surface area contributed by atoms with Crippen molar-refractivity contribution in [2.75, 3.05) is 0 Å². The Labute approximate surface area is 243 Å². The first kappa shape index (κ1) is 25.4. The maximum atomic E-state index is 6.59. The summed E-state index contributed by atoms with van der Waals surface area (Å²) >= 11 is 6.59. The molecule has 0 atom stereocenters. The molecule has 40 heavy (non-hydrogen) atoms. The zero-order valence-electron chi connectivity index (χ0n) is 24.2. The molecule has 0 saturated heterocycles. The largest absolute Gasteiger partial charge is 0.0843 e. The van der Waals surface area contributed by atoms with E-state index >= 15 is 0 Å². The zero-order valence-corrected chi connectivity index (χ0v) is 24.9. The van der Waals surface area contributed by atoms with Crippen molar-refractivity contribution in [1.29, 1.82) is 0 Å². The molecule has 0 aromatic heterocycles. The van der Waals surface area contributed by atoms with Crippen LogP contribution in [0.2, 0.25) is 5.02 Å². The van der Waals surface area contributed by atoms with Crippen molar-refractivity contribution in [3.05, 3.63) is 142 Å². The lowest BCUT2D eigenvalue weighted by atomic mass is 9.67. The first-order chi connectivity index (χ1) is 19.0. The molecule has 198 valence electrons. The van der Waals surface area contributed by atoms with E-state index in [1.54, 1.807) is 0 Å². The monoisotopic (exact) mass is 538 g/mol. The fraction of sp³-hybridized carbons (Fsp3) is 0.231. The van der Waals surface area contributed by atoms with Gasteiger partial charge in [-0.05, 0) is 89.7 Å². The van der Waals surface area contributed by atoms with Crippen LogP contribution in [0.1, 0.15) is 74.9 Å². The maximum absolute atomic E-state index is 6.59. The van der Waals surface area contributed by atoms with Crippen molar-refractivity contribution in [3.63, 3.8) is 0 Å². The molecule has 0 unspecified atom stereocenters. The summed E-state index contributed by atoms with van der Waals surface area (Å²) in [5.41, 5.74) is 15.6. The van der Waals surface area contributed by atoms with Gasteiger partial charge in [-0.15, -0.1) is 0 Å². The molecule has 0 aliphatic heterocycles. The van der Waals surface area contributed by atoms with E-state index in [-0.39, 0.29) is 10.8 Å². The molecule has 2 aliphatic rings. The van der Waals surface area contributed by atoms with Crippen molar-refractivity contribution in [2.24, 2.45) is 0 Å². The van der Waals surface area contributed by atoms with E-state index < -0.39 is 5.41 Å². The van der Waals surface area contributed by atoms with Crippen LogP contribution >= 0.6 is 11.6 Å². The van der Waals surface area contributed by atoms with Crippen molar-refractivity contribution < 1.29 is 0 Å². The molecule has 0 N–H and O–H groups in total. The zero-order chi connectivity index (χ0) is 28.0. The van der Waals surface area contributed by atoms with Crippen LogP contribution in [0.3, 0.4) is 0 Å². The molecule has 2 aliphatic carbocycles. The Bertz CT molecular complexity index is 1760. The van der Waals surface area contributed by atoms with Gasteiger partial charge in [0.25, 0.3) is 0 Å². The molecule has 0 heterocycles. The molecular formula is C39H35Cl. The highest BCUT2D eigenvalue weighted by Gasteiger charge is 2.53. The number of fused-ring (bicyclic) bond motifs is 10. The third-order valence-corrected chi connectivity index (χ3v) is 9.30. The van der Waals surface area contributed by atoms with Crippen molar-refractivity contribution in [2.45, 2.75) is 57.8 Å². The molecule has 5 aromatic carbocycles. The fourth-order valence-corrected chi connectivity index (χ4v) is 7.26. The Kier molecular flexibility index (Phi) is 5.36. The van der Waals surface area contributed by atoms with Crippen LogP contribution < -0.4 is 0 Å². The van der Waals surface area contributed by atoms with Gasteiger partial charge in [0.05, 0.1) is 5.41 Å². The predicted molar refractivity (Wildman–Crippen MR) is 171 cm³/mol. The molecule has 0 nitrogen and oxygen atoms in total. The Balaban J connectivity index is 1.69. The molecule has 0 saturated carbocycles. The molecule has 1 spiro atoms. The van der Waals surface area contributed by atoms with Gasteiger partial charge in [0.1, 0.15) is 0 Å². The Morgan fingerprint density at radius 2 is 1.00 bits per heavy atom. The van der Waals surface area contributed by atoms with Gasteiger partial charge in [-0.1, -0.05) is 144 Å². The lowest BCUT2D eigenvalue weighted by Gasteiger charge is -2.34. The topological polar surface area (TPSA) is 0 Å². The van der Waals surface area contributed by atoms with E-state index in [2.05, 4.69) is 139 Å². The second kappa shape index (κ2) is 8.45. The van der Waals surface area contributed by atoms with Crippen LogP contribution in [0, 0.1) is 0 Å². The van der Waals surface area contributed by atoms with Crippen LogP contribution in [0.5, 0.6) is 0 Å². The standard InChI is InChI=1S/C39H35Cl/c1-37(2,3)25-17-19-30-31-20-18-26(38(4,5)6)23-35(31)39(34(30)22-25)33-16-8-7-13-29(33)32-15-10-14-28(36(32)39)24-11-9-12-27(40)21-24/h7-23H,1-6H3. The molecule has 7 rings (SSSR count). The highest BCUT2D eigenvalue weighted by Crippen LogP contribution is 2.65. The second-order valence-corrected chi connectivity index (χ2v) is 14.0. The summed E-state index contributed by atoms with van der Waals surface area (Å²) in [6.45, 7) is 13.9. The average Bonchev–Trinajstić information content (AvgIpc) is 3.38. The second-order valence-electron chi connectivity index (χ2n) is 13.6. The van der Waals surface area contributed by atoms with Crippen LogP contribution in [-0.2, 0) is 16.2 Å². The molecule has 0 radical (unpaired) electrons. The number of hydrogen-bond donors (Lipinski definition) is 0. The van der Waals surface area contributed by atoms with Crippen LogP contribution in [0.15, 0.2) is 103 Å². The summed E-state index contributed by atoms with van der Waals surface area (Å²) in [6, 6.07) is 38.7. The minimum absolute atomic E-state index is 0.0367. The van der Waals surface area contributed by atoms with Gasteiger partial charge in [-0.2, -0.15) is 0 Å². The SMILES string of the molecule is CC(C)(C)c1ccc2c(c1)C1(c3cc(C(C)(C)C)ccc3-2)c2ccccc2-c2cccc(-c3cccc(Cl)c3)c21. The molecular weight excluding hydrogens is 504 g/mol. The lowest BCUT2D eigenvalue weighted by Crippen LogP contribution is -2.28. The molecule has 0 bridgehead atoms. The lowest BCUT2D eigenvalue weighted by molar-refractivity contribution is 0.586. The van der Waals surface area contributed by atoms with Crippen molar-refractivity contribution >= 4 is 11.6 Å². The maximum Gasteiger partial charge on any atom is 0.0731 e. The van der Waals surface area contributed by atoms with Gasteiger partial charge < -0.3 is 0 Å². The molecule has 5 aromatic rings. The summed E-state index contributed by atoms with van der Waals surface area (Å²) in [5.74, 6) is 0. The summed E-state index contributed by atoms with van der Waals surface area (Å²) in [6.07, 6.45) is 0. The van der Waals surface area contributed by atoms with Gasteiger partial charge in [0, 0.05) is 5.02 Å². The first-order valence-corrected chi connectivity index (χ1v) is 14.7. The summed E-state index contributed by atoms with van der Waals surface area (Å²) < 4.78 is 0. The van der Waals surface area contributed by atoms with Gasteiger partial charge in [0.15, 0.2) is 0 Å². The minimum atomic E-state index is -0.419. The Hall–Kier alpha value is -3.61. The summed E-state index contributed by atoms with van der Waals surface area (Å²) in [7, 11) is 0. The highest BCUT2D eigenvalue weighted by molar-refractivity contribution is 6.30. The van der Waals surface area contributed by atoms with Crippen LogP contribution in [0.25, 0.3) is 33.4 Å². The quantitative estimate of drug-likeness (QED) is 0.195. The van der Waals surface area contributed by atoms with E-state index in [4.69, 9.17) is 11.6 Å². The van der Waals surface area contributed by atoms with Crippen molar-refractivity contribution in [1.82, 2.24) is 0 Å². The molecule has 1 heteroatoms. The van der Waals surface area contributed by atoms with E-state index in [0.717, 1.165) is 10.6 Å². The molecule has 0 amide bonds. The summed E-state index contributed by atoms with van der Waals surface area (Å²) in [5, 5.41) is 0.761. The normalized spacial score (nSPS) is 14.6. The van der Waals surface area contributed by atoms with E-state index in [9.17, 15) is 0 Å². The van der Waals surface area contributed by atoms with E-state index in [1.165, 1.54) is 61.2 Å². The van der Waals surface area contributed by atoms with Gasteiger partial charge in [-0.3, -0.25) is 0 Å². The average molecular weight is 539 g/mol. The Morgan fingerprint density at radius 1 is 0.475 bits per heavy atom. The third kappa shape index (κ3) is 3.45. The number of hydrogen-bond acceptors (Lipinski definition) is 0. The number of halogens is 1. The predicted octanol–water partition coefficient (Wildman–Crippen LogP) is 10.9. The Morgan fingerprint density at radius 3 is 1.60 bits per heavy atom. The third-order valence-electron chi connectivity index (χ3n) is 9.07. The van der Waals surface area contributed by atoms with Crippen LogP contribution in [-0.4, -0.2) is 0 Å². The van der Waals surface area contributed by atoms with Crippen molar-refractivity contribution in [3.8, 4) is 33.4 Å². The van der Waals surface area contributed by atoms with Crippen LogP contribution in [0.4, 0.5) is 0 Å². The first-order valence-electron chi connectivity index (χ1n) is 14.3.